The lowest BCUT2D eigenvalue weighted by Crippen LogP contribution is -2.16. The molecule has 1 amide bonds. The largest absolute Gasteiger partial charge is 0.326 e. The third-order valence-corrected chi connectivity index (χ3v) is 4.91. The number of carbonyl (C=O) groups is 2. The predicted octanol–water partition coefficient (Wildman–Crippen LogP) is 5.70. The van der Waals surface area contributed by atoms with Gasteiger partial charge >= 0.3 is 0 Å². The van der Waals surface area contributed by atoms with Gasteiger partial charge in [0.25, 0.3) is 0 Å². The minimum absolute atomic E-state index is 0.250. The Morgan fingerprint density at radius 1 is 0.846 bits per heavy atom. The number of halogens is 1. The van der Waals surface area contributed by atoms with E-state index in [9.17, 15) is 9.59 Å². The van der Waals surface area contributed by atoms with Gasteiger partial charge in [0, 0.05) is 21.0 Å². The second-order valence-corrected chi connectivity index (χ2v) is 7.13. The molecule has 0 aromatic heterocycles. The number of Topliss-reactive ketones (excluding diaryl/α,β-unsaturated/α-hetero) is 1. The van der Waals surface area contributed by atoms with E-state index in [0.29, 0.717) is 16.3 Å². The van der Waals surface area contributed by atoms with Crippen LogP contribution < -0.4 is 5.32 Å². The summed E-state index contributed by atoms with van der Waals surface area (Å²) in [4.78, 5) is 26.4. The molecule has 1 N–H and O–H groups in total. The lowest BCUT2D eigenvalue weighted by Gasteiger charge is -2.08. The molecule has 3 aromatic carbocycles. The number of benzene rings is 3. The Morgan fingerprint density at radius 2 is 1.50 bits per heavy atom. The average molecular weight is 382 g/mol. The minimum Gasteiger partial charge on any atom is -0.326 e. The maximum atomic E-state index is 12.4. The highest BCUT2D eigenvalue weighted by atomic mass is 35.5. The van der Waals surface area contributed by atoms with Gasteiger partial charge in [-0.05, 0) is 42.5 Å². The summed E-state index contributed by atoms with van der Waals surface area (Å²) >= 11 is 7.83. The normalized spacial score (nSPS) is 10.3. The Morgan fingerprint density at radius 3 is 2.15 bits per heavy atom. The second kappa shape index (κ2) is 8.70. The zero-order valence-electron chi connectivity index (χ0n) is 13.8. The van der Waals surface area contributed by atoms with Crippen LogP contribution in [0.4, 0.5) is 5.69 Å². The summed E-state index contributed by atoms with van der Waals surface area (Å²) in [7, 11) is 0. The van der Waals surface area contributed by atoms with Crippen LogP contribution in [0.1, 0.15) is 16.8 Å². The molecule has 0 bridgehead atoms. The molecule has 0 aliphatic rings. The molecule has 0 saturated carbocycles. The Balaban J connectivity index is 1.65. The van der Waals surface area contributed by atoms with Gasteiger partial charge in [0.05, 0.1) is 11.4 Å². The number of ketones is 1. The molecule has 26 heavy (non-hydrogen) atoms. The number of hydrogen-bond acceptors (Lipinski definition) is 3. The Hall–Kier alpha value is -2.56. The van der Waals surface area contributed by atoms with E-state index in [1.807, 2.05) is 54.6 Å². The Bertz CT molecular complexity index is 914. The van der Waals surface area contributed by atoms with Crippen molar-refractivity contribution in [3.05, 3.63) is 89.4 Å². The van der Waals surface area contributed by atoms with Crippen LogP contribution in [0.5, 0.6) is 0 Å². The molecule has 3 nitrogen and oxygen atoms in total. The monoisotopic (exact) mass is 381 g/mol. The third-order valence-electron chi connectivity index (χ3n) is 3.60. The number of nitrogens with one attached hydrogen (secondary N) is 1. The summed E-state index contributed by atoms with van der Waals surface area (Å²) in [6.07, 6.45) is -0.250. The van der Waals surface area contributed by atoms with Gasteiger partial charge < -0.3 is 5.32 Å². The molecule has 0 unspecified atom stereocenters. The minimum atomic E-state index is -0.361. The fourth-order valence-electron chi connectivity index (χ4n) is 2.38. The fraction of sp³-hybridized carbons (Fsp3) is 0.0476. The van der Waals surface area contributed by atoms with E-state index in [-0.39, 0.29) is 18.1 Å². The quantitative estimate of drug-likeness (QED) is 0.440. The van der Waals surface area contributed by atoms with Crippen LogP contribution in [0.25, 0.3) is 0 Å². The predicted molar refractivity (Wildman–Crippen MR) is 106 cm³/mol. The zero-order chi connectivity index (χ0) is 18.4. The van der Waals surface area contributed by atoms with Crippen LogP contribution in [0.3, 0.4) is 0 Å². The van der Waals surface area contributed by atoms with Crippen LogP contribution in [0.2, 0.25) is 5.02 Å². The van der Waals surface area contributed by atoms with E-state index in [4.69, 9.17) is 11.6 Å². The number of hydrogen-bond donors (Lipinski definition) is 1. The summed E-state index contributed by atoms with van der Waals surface area (Å²) in [6, 6.07) is 24.2. The van der Waals surface area contributed by atoms with Crippen molar-refractivity contribution in [1.29, 1.82) is 0 Å². The maximum Gasteiger partial charge on any atom is 0.232 e. The van der Waals surface area contributed by atoms with Gasteiger partial charge in [-0.1, -0.05) is 59.8 Å². The molecule has 0 spiro atoms. The molecule has 3 rings (SSSR count). The SMILES string of the molecule is O=C(CC(=O)c1ccc(Sc2ccccc2)cc1Cl)Nc1ccccc1. The van der Waals surface area contributed by atoms with Crippen molar-refractivity contribution in [2.75, 3.05) is 5.32 Å². The highest BCUT2D eigenvalue weighted by molar-refractivity contribution is 7.99. The number of carbonyl (C=O) groups excluding carboxylic acids is 2. The van der Waals surface area contributed by atoms with E-state index < -0.39 is 0 Å². The molecule has 130 valence electrons. The van der Waals surface area contributed by atoms with Gasteiger partial charge in [-0.3, -0.25) is 9.59 Å². The highest BCUT2D eigenvalue weighted by Crippen LogP contribution is 2.31. The van der Waals surface area contributed by atoms with Gasteiger partial charge in [0.2, 0.25) is 5.91 Å². The number of rotatable bonds is 6. The fourth-order valence-corrected chi connectivity index (χ4v) is 3.61. The first-order valence-electron chi connectivity index (χ1n) is 8.02. The maximum absolute atomic E-state index is 12.4. The molecule has 0 atom stereocenters. The van der Waals surface area contributed by atoms with E-state index >= 15 is 0 Å². The Labute approximate surface area is 161 Å². The van der Waals surface area contributed by atoms with Gasteiger partial charge in [-0.15, -0.1) is 0 Å². The number of para-hydroxylation sites is 1. The van der Waals surface area contributed by atoms with E-state index in [1.54, 1.807) is 36.0 Å². The van der Waals surface area contributed by atoms with Gasteiger partial charge in [0.15, 0.2) is 5.78 Å². The molecule has 0 aliphatic carbocycles. The van der Waals surface area contributed by atoms with Crippen molar-refractivity contribution in [3.63, 3.8) is 0 Å². The average Bonchev–Trinajstić information content (AvgIpc) is 2.63. The first-order valence-corrected chi connectivity index (χ1v) is 9.22. The van der Waals surface area contributed by atoms with Crippen LogP contribution >= 0.6 is 23.4 Å². The molecular weight excluding hydrogens is 366 g/mol. The van der Waals surface area contributed by atoms with Crippen molar-refractivity contribution in [2.45, 2.75) is 16.2 Å². The first kappa shape index (κ1) is 18.2. The molecule has 0 aliphatic heterocycles. The summed E-state index contributed by atoms with van der Waals surface area (Å²) in [5.41, 5.74) is 1.01. The second-order valence-electron chi connectivity index (χ2n) is 5.57. The third kappa shape index (κ3) is 4.97. The summed E-state index contributed by atoms with van der Waals surface area (Å²) in [6.45, 7) is 0. The van der Waals surface area contributed by atoms with Crippen LogP contribution in [0.15, 0.2) is 88.7 Å². The summed E-state index contributed by atoms with van der Waals surface area (Å²) in [5, 5.41) is 3.05. The molecular formula is C21H16ClNO2S. The molecule has 0 saturated heterocycles. The molecule has 0 radical (unpaired) electrons. The van der Waals surface area contributed by atoms with Crippen molar-refractivity contribution in [3.8, 4) is 0 Å². The van der Waals surface area contributed by atoms with Gasteiger partial charge in [-0.25, -0.2) is 0 Å². The van der Waals surface area contributed by atoms with Crippen LogP contribution in [-0.4, -0.2) is 11.7 Å². The van der Waals surface area contributed by atoms with Crippen molar-refractivity contribution < 1.29 is 9.59 Å². The summed E-state index contributed by atoms with van der Waals surface area (Å²) in [5.74, 6) is -0.667. The molecule has 0 heterocycles. The smallest absolute Gasteiger partial charge is 0.232 e. The Kier molecular flexibility index (Phi) is 6.10. The van der Waals surface area contributed by atoms with E-state index in [1.165, 1.54) is 0 Å². The van der Waals surface area contributed by atoms with E-state index in [2.05, 4.69) is 5.32 Å². The summed E-state index contributed by atoms with van der Waals surface area (Å²) < 4.78 is 0. The van der Waals surface area contributed by atoms with Crippen LogP contribution in [-0.2, 0) is 4.79 Å². The van der Waals surface area contributed by atoms with Crippen LogP contribution in [0, 0.1) is 0 Å². The van der Waals surface area contributed by atoms with Crippen molar-refractivity contribution in [2.24, 2.45) is 0 Å². The number of anilines is 1. The van der Waals surface area contributed by atoms with Gasteiger partial charge in [0.1, 0.15) is 0 Å². The van der Waals surface area contributed by atoms with Gasteiger partial charge in [-0.2, -0.15) is 0 Å². The molecule has 0 fully saturated rings. The highest BCUT2D eigenvalue weighted by Gasteiger charge is 2.15. The lowest BCUT2D eigenvalue weighted by molar-refractivity contribution is -0.115. The van der Waals surface area contributed by atoms with Crippen molar-refractivity contribution >= 4 is 40.7 Å². The zero-order valence-corrected chi connectivity index (χ0v) is 15.4. The van der Waals surface area contributed by atoms with E-state index in [0.717, 1.165) is 9.79 Å². The first-order chi connectivity index (χ1) is 12.6. The molecule has 5 heteroatoms. The standard InChI is InChI=1S/C21H16ClNO2S/c22-19-13-17(26-16-9-5-2-6-10-16)11-12-18(19)20(24)14-21(25)23-15-7-3-1-4-8-15/h1-13H,14H2,(H,23,25). The number of amides is 1. The van der Waals surface area contributed by atoms with Crippen molar-refractivity contribution in [1.82, 2.24) is 0 Å². The lowest BCUT2D eigenvalue weighted by atomic mass is 10.1. The molecule has 3 aromatic rings. The topological polar surface area (TPSA) is 46.2 Å².